The van der Waals surface area contributed by atoms with Crippen LogP contribution in [-0.4, -0.2) is 35.1 Å². The molecule has 1 saturated heterocycles. The third kappa shape index (κ3) is 3.66. The third-order valence-electron chi connectivity index (χ3n) is 4.57. The van der Waals surface area contributed by atoms with Crippen LogP contribution in [-0.2, 0) is 4.79 Å². The summed E-state index contributed by atoms with van der Waals surface area (Å²) in [7, 11) is 0. The van der Waals surface area contributed by atoms with Gasteiger partial charge in [0, 0.05) is 18.8 Å². The van der Waals surface area contributed by atoms with Crippen molar-refractivity contribution in [3.63, 3.8) is 0 Å². The number of carbonyl (C=O) groups excluding carboxylic acids is 1. The molecule has 4 heteroatoms. The van der Waals surface area contributed by atoms with E-state index in [4.69, 9.17) is 0 Å². The van der Waals surface area contributed by atoms with E-state index in [2.05, 4.69) is 10.2 Å². The van der Waals surface area contributed by atoms with Crippen LogP contribution in [0.4, 0.5) is 5.69 Å². The summed E-state index contributed by atoms with van der Waals surface area (Å²) in [6, 6.07) is 15.4. The maximum atomic E-state index is 13.0. The molecule has 1 fully saturated rings. The molecule has 0 aliphatic carbocycles. The minimum Gasteiger partial charge on any atom is -0.392 e. The van der Waals surface area contributed by atoms with Crippen molar-refractivity contribution >= 4 is 11.6 Å². The zero-order valence-electron chi connectivity index (χ0n) is 14.2. The summed E-state index contributed by atoms with van der Waals surface area (Å²) < 4.78 is 0. The van der Waals surface area contributed by atoms with Crippen molar-refractivity contribution in [3.05, 3.63) is 65.2 Å². The maximum Gasteiger partial charge on any atom is 0.246 e. The highest BCUT2D eigenvalue weighted by atomic mass is 16.3. The van der Waals surface area contributed by atoms with Crippen LogP contribution in [0.1, 0.15) is 29.2 Å². The predicted molar refractivity (Wildman–Crippen MR) is 95.9 cm³/mol. The molecule has 2 aromatic carbocycles. The lowest BCUT2D eigenvalue weighted by Crippen LogP contribution is -2.36. The summed E-state index contributed by atoms with van der Waals surface area (Å²) in [5.74, 6) is -0.0519. The van der Waals surface area contributed by atoms with Crippen LogP contribution in [0.15, 0.2) is 48.5 Å². The number of nitrogens with zero attached hydrogens (tertiary/aromatic N) is 1. The van der Waals surface area contributed by atoms with Crippen molar-refractivity contribution in [2.24, 2.45) is 0 Å². The molecule has 0 spiro atoms. The Morgan fingerprint density at radius 1 is 1.21 bits per heavy atom. The van der Waals surface area contributed by atoms with E-state index >= 15 is 0 Å². The molecule has 3 rings (SSSR count). The first-order valence-corrected chi connectivity index (χ1v) is 8.40. The number of aliphatic hydroxyl groups excluding tert-OH is 1. The average Bonchev–Trinajstić information content (AvgIpc) is 2.98. The molecule has 0 saturated carbocycles. The first kappa shape index (κ1) is 16.7. The van der Waals surface area contributed by atoms with Crippen molar-refractivity contribution in [2.45, 2.75) is 32.4 Å². The van der Waals surface area contributed by atoms with E-state index in [1.54, 1.807) is 0 Å². The normalized spacial score (nSPS) is 19.2. The van der Waals surface area contributed by atoms with Gasteiger partial charge in [-0.25, -0.2) is 0 Å². The lowest BCUT2D eigenvalue weighted by molar-refractivity contribution is -0.121. The topological polar surface area (TPSA) is 52.6 Å². The van der Waals surface area contributed by atoms with E-state index < -0.39 is 0 Å². The van der Waals surface area contributed by atoms with Crippen LogP contribution in [0, 0.1) is 13.8 Å². The predicted octanol–water partition coefficient (Wildman–Crippen LogP) is 3.05. The van der Waals surface area contributed by atoms with Crippen LogP contribution in [0.2, 0.25) is 0 Å². The van der Waals surface area contributed by atoms with Gasteiger partial charge in [-0.1, -0.05) is 42.5 Å². The van der Waals surface area contributed by atoms with Crippen LogP contribution >= 0.6 is 0 Å². The Hall–Kier alpha value is -2.17. The molecule has 1 amide bonds. The number of likely N-dealkylation sites (tertiary alicyclic amines) is 1. The molecular weight excluding hydrogens is 300 g/mol. The number of benzene rings is 2. The van der Waals surface area contributed by atoms with Crippen LogP contribution < -0.4 is 5.32 Å². The fourth-order valence-corrected chi connectivity index (χ4v) is 3.24. The fraction of sp³-hybridized carbons (Fsp3) is 0.350. The summed E-state index contributed by atoms with van der Waals surface area (Å²) in [6.07, 6.45) is 0.352. The van der Waals surface area contributed by atoms with Crippen LogP contribution in [0.25, 0.3) is 0 Å². The Balaban J connectivity index is 1.87. The van der Waals surface area contributed by atoms with E-state index in [9.17, 15) is 9.90 Å². The second-order valence-electron chi connectivity index (χ2n) is 6.56. The van der Waals surface area contributed by atoms with Gasteiger partial charge in [-0.05, 0) is 43.0 Å². The zero-order chi connectivity index (χ0) is 17.1. The molecule has 1 unspecified atom stereocenters. The first-order valence-electron chi connectivity index (χ1n) is 8.40. The van der Waals surface area contributed by atoms with E-state index in [1.807, 2.05) is 62.4 Å². The number of aryl methyl sites for hydroxylation is 2. The molecule has 1 heterocycles. The molecule has 0 aromatic heterocycles. The Kier molecular flexibility index (Phi) is 4.97. The van der Waals surface area contributed by atoms with E-state index in [-0.39, 0.29) is 18.1 Å². The number of rotatable bonds is 4. The van der Waals surface area contributed by atoms with Gasteiger partial charge in [-0.2, -0.15) is 0 Å². The second-order valence-corrected chi connectivity index (χ2v) is 6.56. The Bertz CT molecular complexity index is 715. The molecule has 2 atom stereocenters. The third-order valence-corrected chi connectivity index (χ3v) is 4.57. The SMILES string of the molecule is Cc1ccc(C)c(NC(=O)C(c2ccccc2)N2CC[C@H](O)C2)c1. The van der Waals surface area contributed by atoms with Crippen molar-refractivity contribution in [1.82, 2.24) is 4.90 Å². The summed E-state index contributed by atoms with van der Waals surface area (Å²) >= 11 is 0. The number of amides is 1. The Labute approximate surface area is 143 Å². The highest BCUT2D eigenvalue weighted by molar-refractivity contribution is 5.96. The summed E-state index contributed by atoms with van der Waals surface area (Å²) in [6.45, 7) is 5.26. The Morgan fingerprint density at radius 3 is 2.62 bits per heavy atom. The fourth-order valence-electron chi connectivity index (χ4n) is 3.24. The number of nitrogens with one attached hydrogen (secondary N) is 1. The number of hydrogen-bond donors (Lipinski definition) is 2. The van der Waals surface area contributed by atoms with E-state index in [1.165, 1.54) is 0 Å². The standard InChI is InChI=1S/C20H24N2O2/c1-14-8-9-15(2)18(12-14)21-20(24)19(16-6-4-3-5-7-16)22-11-10-17(23)13-22/h3-9,12,17,19,23H,10-11,13H2,1-2H3,(H,21,24)/t17-,19?/m0/s1. The van der Waals surface area contributed by atoms with Gasteiger partial charge in [0.25, 0.3) is 0 Å². The lowest BCUT2D eigenvalue weighted by Gasteiger charge is -2.27. The molecule has 2 N–H and O–H groups in total. The van der Waals surface area contributed by atoms with Gasteiger partial charge in [0.05, 0.1) is 6.10 Å². The van der Waals surface area contributed by atoms with Crippen molar-refractivity contribution in [1.29, 1.82) is 0 Å². The van der Waals surface area contributed by atoms with Gasteiger partial charge >= 0.3 is 0 Å². The molecular formula is C20H24N2O2. The van der Waals surface area contributed by atoms with Crippen LogP contribution in [0.3, 0.4) is 0 Å². The van der Waals surface area contributed by atoms with Crippen molar-refractivity contribution < 1.29 is 9.90 Å². The maximum absolute atomic E-state index is 13.0. The molecule has 1 aliphatic rings. The van der Waals surface area contributed by atoms with E-state index in [0.29, 0.717) is 13.0 Å². The minimum atomic E-state index is -0.386. The zero-order valence-corrected chi connectivity index (χ0v) is 14.2. The van der Waals surface area contributed by atoms with Gasteiger partial charge < -0.3 is 10.4 Å². The quantitative estimate of drug-likeness (QED) is 0.909. The van der Waals surface area contributed by atoms with Gasteiger partial charge in [0.15, 0.2) is 0 Å². The van der Waals surface area contributed by atoms with Crippen molar-refractivity contribution in [3.8, 4) is 0 Å². The number of anilines is 1. The number of aliphatic hydroxyl groups is 1. The molecule has 126 valence electrons. The molecule has 4 nitrogen and oxygen atoms in total. The molecule has 0 radical (unpaired) electrons. The average molecular weight is 324 g/mol. The minimum absolute atomic E-state index is 0.0519. The molecule has 1 aliphatic heterocycles. The van der Waals surface area contributed by atoms with Crippen molar-refractivity contribution in [2.75, 3.05) is 18.4 Å². The molecule has 2 aromatic rings. The van der Waals surface area contributed by atoms with Crippen LogP contribution in [0.5, 0.6) is 0 Å². The molecule has 0 bridgehead atoms. The number of hydrogen-bond acceptors (Lipinski definition) is 3. The van der Waals surface area contributed by atoms with E-state index in [0.717, 1.165) is 28.9 Å². The summed E-state index contributed by atoms with van der Waals surface area (Å²) in [5.41, 5.74) is 3.96. The number of carbonyl (C=O) groups is 1. The van der Waals surface area contributed by atoms with Gasteiger partial charge in [0.1, 0.15) is 6.04 Å². The largest absolute Gasteiger partial charge is 0.392 e. The Morgan fingerprint density at radius 2 is 1.96 bits per heavy atom. The summed E-state index contributed by atoms with van der Waals surface area (Å²) in [5, 5.41) is 13.0. The summed E-state index contributed by atoms with van der Waals surface area (Å²) in [4.78, 5) is 15.1. The first-order chi connectivity index (χ1) is 11.5. The van der Waals surface area contributed by atoms with Gasteiger partial charge in [-0.3, -0.25) is 9.69 Å². The van der Waals surface area contributed by atoms with Gasteiger partial charge in [-0.15, -0.1) is 0 Å². The lowest BCUT2D eigenvalue weighted by atomic mass is 10.0. The highest BCUT2D eigenvalue weighted by Gasteiger charge is 2.33. The monoisotopic (exact) mass is 324 g/mol. The molecule has 24 heavy (non-hydrogen) atoms. The van der Waals surface area contributed by atoms with Gasteiger partial charge in [0.2, 0.25) is 5.91 Å². The highest BCUT2D eigenvalue weighted by Crippen LogP contribution is 2.27. The smallest absolute Gasteiger partial charge is 0.246 e. The second kappa shape index (κ2) is 7.16. The number of β-amino-alcohol motifs (C(OH)–C–C–N with tert-alkyl or cyclic N) is 1.